The summed E-state index contributed by atoms with van der Waals surface area (Å²) in [5, 5.41) is 0. The Labute approximate surface area is 138 Å². The highest BCUT2D eigenvalue weighted by atomic mass is 16.6. The van der Waals surface area contributed by atoms with E-state index < -0.39 is 5.60 Å². The minimum Gasteiger partial charge on any atom is -0.444 e. The van der Waals surface area contributed by atoms with Gasteiger partial charge in [-0.1, -0.05) is 31.2 Å². The quantitative estimate of drug-likeness (QED) is 0.930. The number of hydrogen-bond acceptors (Lipinski definition) is 4. The predicted molar refractivity (Wildman–Crippen MR) is 90.3 cm³/mol. The van der Waals surface area contributed by atoms with Gasteiger partial charge in [0.15, 0.2) is 0 Å². The average Bonchev–Trinajstić information content (AvgIpc) is 2.52. The Morgan fingerprint density at radius 3 is 2.87 bits per heavy atom. The first kappa shape index (κ1) is 17.8. The molecule has 2 atom stereocenters. The third kappa shape index (κ3) is 4.69. The van der Waals surface area contributed by atoms with E-state index >= 15 is 0 Å². The summed E-state index contributed by atoms with van der Waals surface area (Å²) in [6, 6.07) is 7.69. The average molecular weight is 320 g/mol. The molecule has 1 amide bonds. The van der Waals surface area contributed by atoms with Crippen molar-refractivity contribution < 1.29 is 14.3 Å². The Morgan fingerprint density at radius 1 is 1.48 bits per heavy atom. The van der Waals surface area contributed by atoms with Crippen LogP contribution >= 0.6 is 0 Å². The molecule has 1 aromatic carbocycles. The van der Waals surface area contributed by atoms with E-state index in [2.05, 4.69) is 19.1 Å². The highest BCUT2D eigenvalue weighted by Crippen LogP contribution is 2.24. The number of carbonyl (C=O) groups excluding carboxylic acids is 1. The van der Waals surface area contributed by atoms with Gasteiger partial charge in [0.1, 0.15) is 5.60 Å². The Kier molecular flexibility index (Phi) is 5.65. The SMILES string of the molecule is CCc1cccc(C(N)C2COCCN2C(=O)OC(C)(C)C)c1. The van der Waals surface area contributed by atoms with Crippen LogP contribution in [0.25, 0.3) is 0 Å². The molecule has 128 valence electrons. The van der Waals surface area contributed by atoms with Crippen LogP contribution in [0, 0.1) is 0 Å². The van der Waals surface area contributed by atoms with Crippen LogP contribution in [-0.4, -0.2) is 42.4 Å². The van der Waals surface area contributed by atoms with Gasteiger partial charge in [0.25, 0.3) is 0 Å². The van der Waals surface area contributed by atoms with E-state index in [1.807, 2.05) is 32.9 Å². The van der Waals surface area contributed by atoms with Crippen LogP contribution in [0.1, 0.15) is 44.9 Å². The van der Waals surface area contributed by atoms with Crippen LogP contribution < -0.4 is 5.73 Å². The molecule has 5 heteroatoms. The summed E-state index contributed by atoms with van der Waals surface area (Å²) in [7, 11) is 0. The topological polar surface area (TPSA) is 64.8 Å². The lowest BCUT2D eigenvalue weighted by molar-refractivity contribution is -0.0382. The van der Waals surface area contributed by atoms with Crippen LogP contribution in [0.15, 0.2) is 24.3 Å². The van der Waals surface area contributed by atoms with Crippen LogP contribution in [0.5, 0.6) is 0 Å². The summed E-state index contributed by atoms with van der Waals surface area (Å²) < 4.78 is 11.1. The van der Waals surface area contributed by atoms with Gasteiger partial charge in [-0.25, -0.2) is 4.79 Å². The number of carbonyl (C=O) groups is 1. The fourth-order valence-corrected chi connectivity index (χ4v) is 2.71. The summed E-state index contributed by atoms with van der Waals surface area (Å²) >= 11 is 0. The van der Waals surface area contributed by atoms with Crippen molar-refractivity contribution in [3.63, 3.8) is 0 Å². The molecule has 2 rings (SSSR count). The fourth-order valence-electron chi connectivity index (χ4n) is 2.71. The number of aryl methyl sites for hydroxylation is 1. The Hall–Kier alpha value is -1.59. The molecule has 1 aliphatic heterocycles. The summed E-state index contributed by atoms with van der Waals surface area (Å²) in [5.74, 6) is 0. The number of nitrogens with zero attached hydrogens (tertiary/aromatic N) is 1. The number of morpholine rings is 1. The second-order valence-electron chi connectivity index (χ2n) is 6.94. The maximum Gasteiger partial charge on any atom is 0.410 e. The van der Waals surface area contributed by atoms with Gasteiger partial charge >= 0.3 is 6.09 Å². The normalized spacial score (nSPS) is 20.2. The zero-order valence-corrected chi connectivity index (χ0v) is 14.5. The highest BCUT2D eigenvalue weighted by Gasteiger charge is 2.35. The molecular formula is C18H28N2O3. The van der Waals surface area contributed by atoms with Gasteiger partial charge in [-0.05, 0) is 38.3 Å². The molecule has 0 bridgehead atoms. The van der Waals surface area contributed by atoms with Gasteiger partial charge < -0.3 is 15.2 Å². The molecule has 0 saturated carbocycles. The predicted octanol–water partition coefficient (Wildman–Crippen LogP) is 2.88. The number of ether oxygens (including phenoxy) is 2. The molecule has 1 aromatic rings. The van der Waals surface area contributed by atoms with Gasteiger partial charge in [-0.15, -0.1) is 0 Å². The third-order valence-electron chi connectivity index (χ3n) is 3.95. The molecule has 0 radical (unpaired) electrons. The number of benzene rings is 1. The van der Waals surface area contributed by atoms with Crippen molar-refractivity contribution in [2.24, 2.45) is 5.73 Å². The third-order valence-corrected chi connectivity index (χ3v) is 3.95. The second kappa shape index (κ2) is 7.32. The molecule has 2 unspecified atom stereocenters. The van der Waals surface area contributed by atoms with E-state index in [-0.39, 0.29) is 18.2 Å². The number of amides is 1. The standard InChI is InChI=1S/C18H28N2O3/c1-5-13-7-6-8-14(11-13)16(19)15-12-22-10-9-20(15)17(21)23-18(2,3)4/h6-8,11,15-16H,5,9-10,12,19H2,1-4H3. The van der Waals surface area contributed by atoms with E-state index in [4.69, 9.17) is 15.2 Å². The zero-order chi connectivity index (χ0) is 17.0. The van der Waals surface area contributed by atoms with E-state index in [0.29, 0.717) is 19.8 Å². The van der Waals surface area contributed by atoms with Crippen molar-refractivity contribution in [2.75, 3.05) is 19.8 Å². The maximum absolute atomic E-state index is 12.5. The van der Waals surface area contributed by atoms with E-state index in [1.54, 1.807) is 4.90 Å². The number of hydrogen-bond donors (Lipinski definition) is 1. The first-order chi connectivity index (χ1) is 10.8. The Balaban J connectivity index is 2.18. The largest absolute Gasteiger partial charge is 0.444 e. The smallest absolute Gasteiger partial charge is 0.410 e. The lowest BCUT2D eigenvalue weighted by atomic mass is 9.96. The molecule has 0 spiro atoms. The first-order valence-electron chi connectivity index (χ1n) is 8.23. The van der Waals surface area contributed by atoms with Crippen molar-refractivity contribution in [3.05, 3.63) is 35.4 Å². The lowest BCUT2D eigenvalue weighted by Crippen LogP contribution is -2.54. The van der Waals surface area contributed by atoms with Gasteiger partial charge in [0.05, 0.1) is 25.3 Å². The van der Waals surface area contributed by atoms with Crippen LogP contribution in [0.3, 0.4) is 0 Å². The molecule has 1 heterocycles. The van der Waals surface area contributed by atoms with Crippen LogP contribution in [0.2, 0.25) is 0 Å². The van der Waals surface area contributed by atoms with Crippen molar-refractivity contribution in [3.8, 4) is 0 Å². The molecule has 1 saturated heterocycles. The van der Waals surface area contributed by atoms with Crippen molar-refractivity contribution in [1.82, 2.24) is 4.90 Å². The fraction of sp³-hybridized carbons (Fsp3) is 0.611. The van der Waals surface area contributed by atoms with Gasteiger partial charge in [0, 0.05) is 6.54 Å². The Morgan fingerprint density at radius 2 is 2.22 bits per heavy atom. The van der Waals surface area contributed by atoms with Gasteiger partial charge in [0.2, 0.25) is 0 Å². The monoisotopic (exact) mass is 320 g/mol. The minimum absolute atomic E-state index is 0.217. The molecule has 1 fully saturated rings. The van der Waals surface area contributed by atoms with Crippen molar-refractivity contribution in [2.45, 2.75) is 51.8 Å². The first-order valence-corrected chi connectivity index (χ1v) is 8.23. The zero-order valence-electron chi connectivity index (χ0n) is 14.5. The molecule has 0 aromatic heterocycles. The van der Waals surface area contributed by atoms with Crippen LogP contribution in [0.4, 0.5) is 4.79 Å². The summed E-state index contributed by atoms with van der Waals surface area (Å²) in [6.45, 7) is 9.15. The van der Waals surface area contributed by atoms with Crippen molar-refractivity contribution in [1.29, 1.82) is 0 Å². The molecule has 23 heavy (non-hydrogen) atoms. The summed E-state index contributed by atoms with van der Waals surface area (Å²) in [5.41, 5.74) is 8.19. The molecule has 0 aliphatic carbocycles. The minimum atomic E-state index is -0.522. The van der Waals surface area contributed by atoms with E-state index in [1.165, 1.54) is 5.56 Å². The maximum atomic E-state index is 12.5. The molecule has 1 aliphatic rings. The number of nitrogens with two attached hydrogens (primary N) is 1. The molecular weight excluding hydrogens is 292 g/mol. The van der Waals surface area contributed by atoms with Gasteiger partial charge in [-0.2, -0.15) is 0 Å². The highest BCUT2D eigenvalue weighted by molar-refractivity contribution is 5.69. The molecule has 2 N–H and O–H groups in total. The van der Waals surface area contributed by atoms with Crippen LogP contribution in [-0.2, 0) is 15.9 Å². The van der Waals surface area contributed by atoms with E-state index in [0.717, 1.165) is 12.0 Å². The summed E-state index contributed by atoms with van der Waals surface area (Å²) in [6.07, 6.45) is 0.630. The molecule has 5 nitrogen and oxygen atoms in total. The van der Waals surface area contributed by atoms with E-state index in [9.17, 15) is 4.79 Å². The van der Waals surface area contributed by atoms with Gasteiger partial charge in [-0.3, -0.25) is 4.90 Å². The second-order valence-corrected chi connectivity index (χ2v) is 6.94. The lowest BCUT2D eigenvalue weighted by Gasteiger charge is -2.39. The Bertz CT molecular complexity index is 539. The summed E-state index contributed by atoms with van der Waals surface area (Å²) in [4.78, 5) is 14.2. The number of rotatable bonds is 3. The van der Waals surface area contributed by atoms with Crippen molar-refractivity contribution >= 4 is 6.09 Å².